The monoisotopic (exact) mass is 216 g/mol. The Balaban J connectivity index is 2.54. The van der Waals surface area contributed by atoms with Gasteiger partial charge in [-0.05, 0) is 31.9 Å². The van der Waals surface area contributed by atoms with Gasteiger partial charge in [-0.3, -0.25) is 0 Å². The van der Waals surface area contributed by atoms with Crippen molar-refractivity contribution in [2.24, 2.45) is 0 Å². The van der Waals surface area contributed by atoms with E-state index in [-0.39, 0.29) is 0 Å². The minimum atomic E-state index is 0.305. The van der Waals surface area contributed by atoms with E-state index >= 15 is 0 Å². The summed E-state index contributed by atoms with van der Waals surface area (Å²) in [6.45, 7) is 5.96. The number of phenols is 1. The topological polar surface area (TPSA) is 48.9 Å². The van der Waals surface area contributed by atoms with Crippen molar-refractivity contribution >= 4 is 0 Å². The molecule has 1 aromatic heterocycles. The number of aryl methyl sites for hydroxylation is 3. The van der Waals surface area contributed by atoms with Gasteiger partial charge < -0.3 is 10.1 Å². The zero-order valence-corrected chi connectivity index (χ0v) is 9.83. The van der Waals surface area contributed by atoms with Crippen LogP contribution in [0, 0.1) is 13.8 Å². The number of para-hydroxylation sites is 1. The number of phenolic OH excluding ortho intramolecular Hbond substituents is 1. The van der Waals surface area contributed by atoms with E-state index in [4.69, 9.17) is 0 Å². The molecule has 2 aromatic rings. The maximum Gasteiger partial charge on any atom is 0.141 e. The van der Waals surface area contributed by atoms with E-state index in [1.807, 2.05) is 32.0 Å². The lowest BCUT2D eigenvalue weighted by Gasteiger charge is -2.03. The Kier molecular flexibility index (Phi) is 2.69. The van der Waals surface area contributed by atoms with Gasteiger partial charge in [-0.1, -0.05) is 19.1 Å². The predicted octanol–water partition coefficient (Wildman–Crippen LogP) is 2.96. The average molecular weight is 216 g/mol. The van der Waals surface area contributed by atoms with E-state index < -0.39 is 0 Å². The lowest BCUT2D eigenvalue weighted by molar-refractivity contribution is 0.473. The zero-order chi connectivity index (χ0) is 11.7. The van der Waals surface area contributed by atoms with Gasteiger partial charge in [0.15, 0.2) is 0 Å². The number of hydrogen-bond acceptors (Lipinski definition) is 2. The minimum Gasteiger partial charge on any atom is -0.507 e. The summed E-state index contributed by atoms with van der Waals surface area (Å²) in [6, 6.07) is 5.68. The van der Waals surface area contributed by atoms with Crippen LogP contribution in [0.25, 0.3) is 11.4 Å². The van der Waals surface area contributed by atoms with Crippen molar-refractivity contribution in [2.75, 3.05) is 0 Å². The first-order valence-electron chi connectivity index (χ1n) is 5.48. The average Bonchev–Trinajstić information content (AvgIpc) is 2.63. The van der Waals surface area contributed by atoms with Crippen molar-refractivity contribution in [1.82, 2.24) is 9.97 Å². The first-order chi connectivity index (χ1) is 7.63. The van der Waals surface area contributed by atoms with Gasteiger partial charge in [0.2, 0.25) is 0 Å². The van der Waals surface area contributed by atoms with Gasteiger partial charge in [0.05, 0.1) is 11.3 Å². The van der Waals surface area contributed by atoms with E-state index in [9.17, 15) is 5.11 Å². The Labute approximate surface area is 95.2 Å². The molecule has 16 heavy (non-hydrogen) atoms. The number of rotatable bonds is 2. The number of imidazole rings is 1. The molecule has 2 rings (SSSR count). The number of aromatic hydroxyl groups is 1. The smallest absolute Gasteiger partial charge is 0.141 e. The molecule has 0 amide bonds. The summed E-state index contributed by atoms with van der Waals surface area (Å²) in [5, 5.41) is 9.96. The summed E-state index contributed by atoms with van der Waals surface area (Å²) in [5.74, 6) is 1.05. The molecule has 0 bridgehead atoms. The van der Waals surface area contributed by atoms with E-state index in [1.54, 1.807) is 0 Å². The molecule has 2 N–H and O–H groups in total. The van der Waals surface area contributed by atoms with Gasteiger partial charge in [0.25, 0.3) is 0 Å². The fourth-order valence-corrected chi connectivity index (χ4v) is 1.82. The predicted molar refractivity (Wildman–Crippen MR) is 64.5 cm³/mol. The van der Waals surface area contributed by atoms with Crippen molar-refractivity contribution < 1.29 is 5.11 Å². The molecule has 1 heterocycles. The fourth-order valence-electron chi connectivity index (χ4n) is 1.82. The molecule has 0 fully saturated rings. The lowest BCUT2D eigenvalue weighted by Crippen LogP contribution is -1.85. The third-order valence-corrected chi connectivity index (χ3v) is 2.81. The van der Waals surface area contributed by atoms with Gasteiger partial charge in [0, 0.05) is 5.69 Å². The lowest BCUT2D eigenvalue weighted by atomic mass is 10.1. The van der Waals surface area contributed by atoms with Crippen LogP contribution in [-0.4, -0.2) is 15.1 Å². The number of hydrogen-bond donors (Lipinski definition) is 2. The highest BCUT2D eigenvalue weighted by Crippen LogP contribution is 2.30. The summed E-state index contributed by atoms with van der Waals surface area (Å²) in [4.78, 5) is 7.69. The van der Waals surface area contributed by atoms with Crippen molar-refractivity contribution in [1.29, 1.82) is 0 Å². The Bertz CT molecular complexity index is 515. The molecule has 0 spiro atoms. The maximum absolute atomic E-state index is 9.96. The van der Waals surface area contributed by atoms with Crippen LogP contribution in [0.5, 0.6) is 5.75 Å². The molecular weight excluding hydrogens is 200 g/mol. The van der Waals surface area contributed by atoms with Crippen molar-refractivity contribution in [3.63, 3.8) is 0 Å². The van der Waals surface area contributed by atoms with E-state index in [0.29, 0.717) is 5.75 Å². The molecular formula is C13H16N2O. The number of nitrogens with zero attached hydrogens (tertiary/aromatic N) is 1. The largest absolute Gasteiger partial charge is 0.507 e. The van der Waals surface area contributed by atoms with Crippen LogP contribution in [0.1, 0.15) is 23.9 Å². The fraction of sp³-hybridized carbons (Fsp3) is 0.308. The summed E-state index contributed by atoms with van der Waals surface area (Å²) in [7, 11) is 0. The molecule has 0 atom stereocenters. The molecule has 0 aliphatic carbocycles. The Morgan fingerprint density at radius 2 is 2.06 bits per heavy atom. The Hall–Kier alpha value is -1.77. The molecule has 0 radical (unpaired) electrons. The van der Waals surface area contributed by atoms with Crippen molar-refractivity contribution in [3.8, 4) is 17.1 Å². The first-order valence-corrected chi connectivity index (χ1v) is 5.48. The number of H-pyrrole nitrogens is 1. The van der Waals surface area contributed by atoms with Gasteiger partial charge in [-0.25, -0.2) is 4.98 Å². The molecule has 3 heteroatoms. The van der Waals surface area contributed by atoms with Crippen LogP contribution in [0.3, 0.4) is 0 Å². The van der Waals surface area contributed by atoms with Crippen LogP contribution >= 0.6 is 0 Å². The van der Waals surface area contributed by atoms with Crippen LogP contribution in [-0.2, 0) is 6.42 Å². The maximum atomic E-state index is 9.96. The normalized spacial score (nSPS) is 10.7. The van der Waals surface area contributed by atoms with Crippen molar-refractivity contribution in [2.45, 2.75) is 27.2 Å². The third kappa shape index (κ3) is 1.69. The van der Waals surface area contributed by atoms with Gasteiger partial charge in [0.1, 0.15) is 11.6 Å². The van der Waals surface area contributed by atoms with Gasteiger partial charge in [-0.2, -0.15) is 0 Å². The van der Waals surface area contributed by atoms with Crippen LogP contribution < -0.4 is 0 Å². The van der Waals surface area contributed by atoms with E-state index in [0.717, 1.165) is 34.8 Å². The second-order valence-corrected chi connectivity index (χ2v) is 3.98. The summed E-state index contributed by atoms with van der Waals surface area (Å²) in [5.41, 5.74) is 3.75. The van der Waals surface area contributed by atoms with E-state index in [2.05, 4.69) is 16.9 Å². The standard InChI is InChI=1S/C13H16N2O/c1-4-11-9(3)14-13(15-11)10-7-5-6-8(2)12(10)16/h5-7,16H,4H2,1-3H3,(H,14,15). The summed E-state index contributed by atoms with van der Waals surface area (Å²) in [6.07, 6.45) is 0.898. The Morgan fingerprint density at radius 1 is 1.31 bits per heavy atom. The van der Waals surface area contributed by atoms with E-state index in [1.165, 1.54) is 0 Å². The minimum absolute atomic E-state index is 0.305. The summed E-state index contributed by atoms with van der Waals surface area (Å²) >= 11 is 0. The molecule has 0 saturated carbocycles. The number of nitrogens with one attached hydrogen (secondary N) is 1. The van der Waals surface area contributed by atoms with Crippen molar-refractivity contribution in [3.05, 3.63) is 35.2 Å². The second-order valence-electron chi connectivity index (χ2n) is 3.98. The molecule has 0 aliphatic heterocycles. The molecule has 3 nitrogen and oxygen atoms in total. The summed E-state index contributed by atoms with van der Waals surface area (Å²) < 4.78 is 0. The molecule has 0 unspecified atom stereocenters. The first kappa shape index (κ1) is 10.7. The highest BCUT2D eigenvalue weighted by molar-refractivity contribution is 5.66. The highest BCUT2D eigenvalue weighted by Gasteiger charge is 2.11. The van der Waals surface area contributed by atoms with Crippen LogP contribution in [0.4, 0.5) is 0 Å². The number of aromatic nitrogens is 2. The second kappa shape index (κ2) is 4.00. The van der Waals surface area contributed by atoms with Crippen LogP contribution in [0.2, 0.25) is 0 Å². The third-order valence-electron chi connectivity index (χ3n) is 2.81. The van der Waals surface area contributed by atoms with Gasteiger partial charge >= 0.3 is 0 Å². The molecule has 84 valence electrons. The number of benzene rings is 1. The molecule has 0 saturated heterocycles. The number of aromatic amines is 1. The van der Waals surface area contributed by atoms with Crippen LogP contribution in [0.15, 0.2) is 18.2 Å². The Morgan fingerprint density at radius 3 is 2.69 bits per heavy atom. The molecule has 0 aliphatic rings. The van der Waals surface area contributed by atoms with Gasteiger partial charge in [-0.15, -0.1) is 0 Å². The molecule has 1 aromatic carbocycles. The highest BCUT2D eigenvalue weighted by atomic mass is 16.3. The quantitative estimate of drug-likeness (QED) is 0.810. The SMILES string of the molecule is CCc1nc(-c2cccc(C)c2O)[nH]c1C. The zero-order valence-electron chi connectivity index (χ0n) is 9.83.